The second kappa shape index (κ2) is 7.40. The average molecular weight is 320 g/mol. The summed E-state index contributed by atoms with van der Waals surface area (Å²) in [7, 11) is -1.96. The van der Waals surface area contributed by atoms with E-state index in [2.05, 4.69) is 10.0 Å². The summed E-state index contributed by atoms with van der Waals surface area (Å²) in [5.41, 5.74) is 0.753. The minimum atomic E-state index is -3.69. The summed E-state index contributed by atoms with van der Waals surface area (Å²) >= 11 is 1.57. The largest absolute Gasteiger partial charge is 0.316 e. The fourth-order valence-corrected chi connectivity index (χ4v) is 3.47. The van der Waals surface area contributed by atoms with E-state index in [9.17, 15) is 12.8 Å². The molecule has 1 unspecified atom stereocenters. The zero-order valence-electron chi connectivity index (χ0n) is 12.2. The Bertz CT molecular complexity index is 562. The molecule has 0 fully saturated rings. The van der Waals surface area contributed by atoms with E-state index in [-0.39, 0.29) is 15.7 Å². The van der Waals surface area contributed by atoms with Gasteiger partial charge in [-0.3, -0.25) is 0 Å². The molecule has 0 bridgehead atoms. The van der Waals surface area contributed by atoms with E-state index in [1.807, 2.05) is 13.2 Å². The van der Waals surface area contributed by atoms with Gasteiger partial charge in [0.05, 0.1) is 4.90 Å². The summed E-state index contributed by atoms with van der Waals surface area (Å²) < 4.78 is 40.9. The van der Waals surface area contributed by atoms with Crippen LogP contribution in [0.4, 0.5) is 4.39 Å². The number of nitrogens with one attached hydrogen (secondary N) is 2. The van der Waals surface area contributed by atoms with Crippen LogP contribution in [0, 0.1) is 12.7 Å². The molecule has 0 aliphatic heterocycles. The highest BCUT2D eigenvalue weighted by Crippen LogP contribution is 2.21. The number of hydrogen-bond donors (Lipinski definition) is 2. The monoisotopic (exact) mass is 320 g/mol. The minimum absolute atomic E-state index is 0.0102. The second-order valence-electron chi connectivity index (χ2n) is 4.63. The molecule has 1 aromatic carbocycles. The van der Waals surface area contributed by atoms with Crippen molar-refractivity contribution in [2.75, 3.05) is 19.8 Å². The van der Waals surface area contributed by atoms with Crippen LogP contribution in [0.15, 0.2) is 17.0 Å². The lowest BCUT2D eigenvalue weighted by atomic mass is 10.1. The van der Waals surface area contributed by atoms with Crippen LogP contribution in [0.25, 0.3) is 0 Å². The van der Waals surface area contributed by atoms with Gasteiger partial charge in [0.1, 0.15) is 5.82 Å². The molecule has 1 rings (SSSR count). The van der Waals surface area contributed by atoms with E-state index in [1.54, 1.807) is 18.8 Å². The van der Waals surface area contributed by atoms with Crippen LogP contribution in [-0.2, 0) is 16.6 Å². The zero-order chi connectivity index (χ0) is 15.3. The van der Waals surface area contributed by atoms with Gasteiger partial charge >= 0.3 is 0 Å². The number of thioether (sulfide) groups is 1. The Hall–Kier alpha value is -0.630. The normalized spacial score (nSPS) is 13.4. The molecule has 0 aliphatic rings. The molecule has 0 aromatic heterocycles. The van der Waals surface area contributed by atoms with E-state index >= 15 is 0 Å². The fraction of sp³-hybridized carbons (Fsp3) is 0.538. The molecule has 0 saturated carbocycles. The molecule has 0 spiro atoms. The standard InChI is InChI=1S/C13H21FN2O2S2/c1-9(19-4)7-16-20(17,18)13-6-11(8-15-3)5-12(14)10(13)2/h5-6,9,15-16H,7-8H2,1-4H3. The molecule has 0 aliphatic carbocycles. The second-order valence-corrected chi connectivity index (χ2v) is 7.64. The molecule has 0 radical (unpaired) electrons. The number of halogens is 1. The van der Waals surface area contributed by atoms with Crippen molar-refractivity contribution in [3.8, 4) is 0 Å². The molecule has 1 aromatic rings. The first kappa shape index (κ1) is 17.4. The van der Waals surface area contributed by atoms with Crippen molar-refractivity contribution >= 4 is 21.8 Å². The van der Waals surface area contributed by atoms with Crippen LogP contribution in [0.1, 0.15) is 18.1 Å². The van der Waals surface area contributed by atoms with Crippen molar-refractivity contribution in [2.24, 2.45) is 0 Å². The van der Waals surface area contributed by atoms with E-state index in [1.165, 1.54) is 19.1 Å². The quantitative estimate of drug-likeness (QED) is 0.805. The maximum Gasteiger partial charge on any atom is 0.240 e. The SMILES string of the molecule is CNCc1cc(F)c(C)c(S(=O)(=O)NCC(C)SC)c1. The molecule has 0 amide bonds. The molecule has 0 heterocycles. The van der Waals surface area contributed by atoms with E-state index < -0.39 is 15.8 Å². The molecule has 1 atom stereocenters. The summed E-state index contributed by atoms with van der Waals surface area (Å²) in [6, 6.07) is 2.87. The van der Waals surface area contributed by atoms with Gasteiger partial charge in [-0.2, -0.15) is 11.8 Å². The summed E-state index contributed by atoms with van der Waals surface area (Å²) in [5, 5.41) is 3.05. The Kier molecular flexibility index (Phi) is 6.44. The Morgan fingerprint density at radius 1 is 1.40 bits per heavy atom. The fourth-order valence-electron chi connectivity index (χ4n) is 1.68. The number of hydrogen-bond acceptors (Lipinski definition) is 4. The van der Waals surface area contributed by atoms with Crippen molar-refractivity contribution in [1.29, 1.82) is 0 Å². The van der Waals surface area contributed by atoms with Gasteiger partial charge in [-0.25, -0.2) is 17.5 Å². The predicted molar refractivity (Wildman–Crippen MR) is 82.1 cm³/mol. The van der Waals surface area contributed by atoms with Crippen molar-refractivity contribution in [2.45, 2.75) is 30.5 Å². The molecule has 20 heavy (non-hydrogen) atoms. The average Bonchev–Trinajstić information content (AvgIpc) is 2.40. The number of benzene rings is 1. The Morgan fingerprint density at radius 2 is 2.05 bits per heavy atom. The van der Waals surface area contributed by atoms with Gasteiger partial charge in [0.2, 0.25) is 10.0 Å². The maximum atomic E-state index is 13.8. The lowest BCUT2D eigenvalue weighted by molar-refractivity contribution is 0.573. The Labute approximate surface area is 124 Å². The van der Waals surface area contributed by atoms with Crippen molar-refractivity contribution in [3.05, 3.63) is 29.1 Å². The molecule has 0 saturated heterocycles. The van der Waals surface area contributed by atoms with E-state index in [0.29, 0.717) is 18.7 Å². The molecule has 7 heteroatoms. The lowest BCUT2D eigenvalue weighted by Gasteiger charge is -2.14. The van der Waals surface area contributed by atoms with Crippen LogP contribution >= 0.6 is 11.8 Å². The minimum Gasteiger partial charge on any atom is -0.316 e. The topological polar surface area (TPSA) is 58.2 Å². The van der Waals surface area contributed by atoms with Crippen LogP contribution in [0.3, 0.4) is 0 Å². The third kappa shape index (κ3) is 4.44. The van der Waals surface area contributed by atoms with Gasteiger partial charge in [0.15, 0.2) is 0 Å². The van der Waals surface area contributed by atoms with Crippen molar-refractivity contribution < 1.29 is 12.8 Å². The van der Waals surface area contributed by atoms with Gasteiger partial charge < -0.3 is 5.32 Å². The van der Waals surface area contributed by atoms with Gasteiger partial charge in [0, 0.05) is 23.9 Å². The predicted octanol–water partition coefficient (Wildman–Crippen LogP) is 1.88. The summed E-state index contributed by atoms with van der Waals surface area (Å²) in [5.74, 6) is -0.504. The summed E-state index contributed by atoms with van der Waals surface area (Å²) in [6.45, 7) is 4.14. The van der Waals surface area contributed by atoms with Crippen LogP contribution in [0.5, 0.6) is 0 Å². The third-order valence-electron chi connectivity index (χ3n) is 2.99. The molecule has 2 N–H and O–H groups in total. The van der Waals surface area contributed by atoms with Gasteiger partial charge in [-0.05, 0) is 37.9 Å². The third-order valence-corrected chi connectivity index (χ3v) is 5.51. The summed E-state index contributed by atoms with van der Waals surface area (Å²) in [4.78, 5) is 0.0102. The van der Waals surface area contributed by atoms with Crippen molar-refractivity contribution in [3.63, 3.8) is 0 Å². The van der Waals surface area contributed by atoms with Crippen LogP contribution in [-0.4, -0.2) is 33.5 Å². The first-order chi connectivity index (χ1) is 9.31. The lowest BCUT2D eigenvalue weighted by Crippen LogP contribution is -2.30. The van der Waals surface area contributed by atoms with Crippen molar-refractivity contribution in [1.82, 2.24) is 10.0 Å². The van der Waals surface area contributed by atoms with Gasteiger partial charge in [-0.1, -0.05) is 6.92 Å². The molecule has 4 nitrogen and oxygen atoms in total. The first-order valence-corrected chi connectivity index (χ1v) is 9.05. The molecular weight excluding hydrogens is 299 g/mol. The Balaban J connectivity index is 3.10. The number of rotatable bonds is 7. The molecule has 114 valence electrons. The first-order valence-electron chi connectivity index (χ1n) is 6.28. The van der Waals surface area contributed by atoms with Crippen LogP contribution in [0.2, 0.25) is 0 Å². The maximum absolute atomic E-state index is 13.8. The highest BCUT2D eigenvalue weighted by Gasteiger charge is 2.20. The highest BCUT2D eigenvalue weighted by molar-refractivity contribution is 7.99. The molecular formula is C13H21FN2O2S2. The van der Waals surface area contributed by atoms with E-state index in [0.717, 1.165) is 0 Å². The Morgan fingerprint density at radius 3 is 2.60 bits per heavy atom. The van der Waals surface area contributed by atoms with Gasteiger partial charge in [-0.15, -0.1) is 0 Å². The van der Waals surface area contributed by atoms with Gasteiger partial charge in [0.25, 0.3) is 0 Å². The zero-order valence-corrected chi connectivity index (χ0v) is 13.8. The highest BCUT2D eigenvalue weighted by atomic mass is 32.2. The summed E-state index contributed by atoms with van der Waals surface area (Å²) in [6.07, 6.45) is 1.91. The van der Waals surface area contributed by atoms with E-state index in [4.69, 9.17) is 0 Å². The van der Waals surface area contributed by atoms with Crippen LogP contribution < -0.4 is 10.0 Å². The number of sulfonamides is 1. The smallest absolute Gasteiger partial charge is 0.240 e.